The number of nitro groups is 1. The second-order valence-electron chi connectivity index (χ2n) is 7.43. The summed E-state index contributed by atoms with van der Waals surface area (Å²) in [7, 11) is -4.07. The van der Waals surface area contributed by atoms with Gasteiger partial charge >= 0.3 is 0 Å². The SMILES string of the molecule is O=C(CN(c1ccc([N+](=O)[O-])cc1)S(=O)(=O)c1ccccc1)N1CCc2ccccc2C1. The number of fused-ring (bicyclic) bond motifs is 1. The molecule has 0 bridgehead atoms. The average Bonchev–Trinajstić information content (AvgIpc) is 2.82. The monoisotopic (exact) mass is 451 g/mol. The van der Waals surface area contributed by atoms with Crippen LogP contribution >= 0.6 is 0 Å². The number of hydrogen-bond acceptors (Lipinski definition) is 5. The van der Waals surface area contributed by atoms with Crippen LogP contribution in [0.4, 0.5) is 11.4 Å². The molecule has 0 saturated heterocycles. The van der Waals surface area contributed by atoms with Crippen LogP contribution in [0.25, 0.3) is 0 Å². The number of hydrogen-bond donors (Lipinski definition) is 0. The van der Waals surface area contributed by atoms with E-state index >= 15 is 0 Å². The molecule has 0 saturated carbocycles. The van der Waals surface area contributed by atoms with Gasteiger partial charge in [-0.2, -0.15) is 0 Å². The minimum absolute atomic E-state index is 0.0372. The molecule has 0 aromatic heterocycles. The fourth-order valence-electron chi connectivity index (χ4n) is 3.71. The number of benzene rings is 3. The van der Waals surface area contributed by atoms with Gasteiger partial charge in [0.15, 0.2) is 0 Å². The van der Waals surface area contributed by atoms with Crippen LogP contribution in [-0.4, -0.2) is 37.2 Å². The first-order valence-electron chi connectivity index (χ1n) is 10.0. The summed E-state index contributed by atoms with van der Waals surface area (Å²) in [6, 6.07) is 20.8. The molecule has 1 aliphatic rings. The van der Waals surface area contributed by atoms with Crippen LogP contribution in [0.15, 0.2) is 83.8 Å². The maximum atomic E-state index is 13.4. The Hall–Kier alpha value is -3.72. The van der Waals surface area contributed by atoms with Crippen molar-refractivity contribution < 1.29 is 18.1 Å². The lowest BCUT2D eigenvalue weighted by atomic mass is 10.00. The van der Waals surface area contributed by atoms with Crippen LogP contribution in [0, 0.1) is 10.1 Å². The Bertz CT molecular complexity index is 1240. The number of nitrogens with zero attached hydrogens (tertiary/aromatic N) is 3. The zero-order valence-electron chi connectivity index (χ0n) is 17.1. The van der Waals surface area contributed by atoms with Crippen LogP contribution in [0.5, 0.6) is 0 Å². The lowest BCUT2D eigenvalue weighted by molar-refractivity contribution is -0.384. The first-order valence-corrected chi connectivity index (χ1v) is 11.5. The van der Waals surface area contributed by atoms with Gasteiger partial charge in [-0.15, -0.1) is 0 Å². The van der Waals surface area contributed by atoms with E-state index in [0.29, 0.717) is 19.5 Å². The predicted molar refractivity (Wildman–Crippen MR) is 120 cm³/mol. The number of sulfonamides is 1. The Morgan fingerprint density at radius 3 is 2.22 bits per heavy atom. The van der Waals surface area contributed by atoms with Crippen molar-refractivity contribution in [2.45, 2.75) is 17.9 Å². The maximum Gasteiger partial charge on any atom is 0.269 e. The Morgan fingerprint density at radius 2 is 1.56 bits per heavy atom. The van der Waals surface area contributed by atoms with E-state index in [1.807, 2.05) is 24.3 Å². The molecule has 164 valence electrons. The van der Waals surface area contributed by atoms with Crippen LogP contribution in [-0.2, 0) is 27.8 Å². The fourth-order valence-corrected chi connectivity index (χ4v) is 5.14. The van der Waals surface area contributed by atoms with Gasteiger partial charge in [-0.1, -0.05) is 42.5 Å². The van der Waals surface area contributed by atoms with Gasteiger partial charge in [-0.05, 0) is 41.8 Å². The number of anilines is 1. The zero-order chi connectivity index (χ0) is 22.7. The predicted octanol–water partition coefficient (Wildman–Crippen LogP) is 3.38. The number of nitro benzene ring substituents is 1. The van der Waals surface area contributed by atoms with E-state index in [1.165, 1.54) is 42.0 Å². The van der Waals surface area contributed by atoms with Crippen molar-refractivity contribution in [3.05, 3.63) is 100 Å². The highest BCUT2D eigenvalue weighted by atomic mass is 32.2. The molecular formula is C23H21N3O5S. The normalized spacial score (nSPS) is 13.3. The molecule has 1 heterocycles. The molecule has 3 aromatic carbocycles. The van der Waals surface area contributed by atoms with Crippen LogP contribution in [0.1, 0.15) is 11.1 Å². The molecule has 3 aromatic rings. The van der Waals surface area contributed by atoms with Gasteiger partial charge in [-0.25, -0.2) is 8.42 Å². The summed E-state index contributed by atoms with van der Waals surface area (Å²) in [6.45, 7) is 0.501. The molecule has 0 radical (unpaired) electrons. The highest BCUT2D eigenvalue weighted by molar-refractivity contribution is 7.92. The van der Waals surface area contributed by atoms with E-state index in [0.717, 1.165) is 9.87 Å². The third kappa shape index (κ3) is 4.33. The van der Waals surface area contributed by atoms with Gasteiger partial charge in [0, 0.05) is 25.2 Å². The summed E-state index contributed by atoms with van der Waals surface area (Å²) in [5, 5.41) is 11.0. The van der Waals surface area contributed by atoms with Crippen LogP contribution in [0.3, 0.4) is 0 Å². The molecule has 4 rings (SSSR count). The molecule has 1 aliphatic heterocycles. The number of non-ortho nitro benzene ring substituents is 1. The Morgan fingerprint density at radius 1 is 0.938 bits per heavy atom. The molecule has 32 heavy (non-hydrogen) atoms. The van der Waals surface area contributed by atoms with Crippen molar-refractivity contribution in [2.24, 2.45) is 0 Å². The number of carbonyl (C=O) groups excluding carboxylic acids is 1. The summed E-state index contributed by atoms with van der Waals surface area (Å²) < 4.78 is 27.8. The summed E-state index contributed by atoms with van der Waals surface area (Å²) in [5.41, 5.74) is 2.25. The topological polar surface area (TPSA) is 101 Å². The molecule has 1 amide bonds. The molecule has 0 N–H and O–H groups in total. The van der Waals surface area contributed by atoms with Crippen molar-refractivity contribution in [3.8, 4) is 0 Å². The zero-order valence-corrected chi connectivity index (χ0v) is 17.9. The second-order valence-corrected chi connectivity index (χ2v) is 9.29. The van der Waals surface area contributed by atoms with Gasteiger partial charge in [0.05, 0.1) is 15.5 Å². The minimum Gasteiger partial charge on any atom is -0.336 e. The first-order chi connectivity index (χ1) is 15.4. The van der Waals surface area contributed by atoms with Crippen LogP contribution < -0.4 is 4.31 Å². The molecule has 9 heteroatoms. The van der Waals surface area contributed by atoms with Crippen molar-refractivity contribution in [1.29, 1.82) is 0 Å². The van der Waals surface area contributed by atoms with Gasteiger partial charge in [0.1, 0.15) is 6.54 Å². The van der Waals surface area contributed by atoms with E-state index in [2.05, 4.69) is 0 Å². The van der Waals surface area contributed by atoms with E-state index in [9.17, 15) is 23.3 Å². The molecule has 0 atom stereocenters. The number of rotatable bonds is 6. The quantitative estimate of drug-likeness (QED) is 0.422. The molecule has 0 unspecified atom stereocenters. The molecule has 0 spiro atoms. The Labute approximate surface area is 185 Å². The highest BCUT2D eigenvalue weighted by Gasteiger charge is 2.30. The Kier molecular flexibility index (Phi) is 5.91. The lowest BCUT2D eigenvalue weighted by Crippen LogP contribution is -2.44. The van der Waals surface area contributed by atoms with Gasteiger partial charge in [0.25, 0.3) is 15.7 Å². The maximum absolute atomic E-state index is 13.4. The van der Waals surface area contributed by atoms with Gasteiger partial charge in [0.2, 0.25) is 5.91 Å². The fraction of sp³-hybridized carbons (Fsp3) is 0.174. The molecule has 0 aliphatic carbocycles. The van der Waals surface area contributed by atoms with Crippen molar-refractivity contribution in [1.82, 2.24) is 4.90 Å². The van der Waals surface area contributed by atoms with Crippen LogP contribution in [0.2, 0.25) is 0 Å². The van der Waals surface area contributed by atoms with E-state index in [1.54, 1.807) is 23.1 Å². The lowest BCUT2D eigenvalue weighted by Gasteiger charge is -2.31. The summed E-state index contributed by atoms with van der Waals surface area (Å²) in [5.74, 6) is -0.336. The van der Waals surface area contributed by atoms with Crippen molar-refractivity contribution in [2.75, 3.05) is 17.4 Å². The van der Waals surface area contributed by atoms with Gasteiger partial charge < -0.3 is 4.90 Å². The Balaban J connectivity index is 1.65. The first kappa shape index (κ1) is 21.5. The highest BCUT2D eigenvalue weighted by Crippen LogP contribution is 2.27. The van der Waals surface area contributed by atoms with Crippen molar-refractivity contribution >= 4 is 27.3 Å². The molecule has 0 fully saturated rings. The third-order valence-corrected chi connectivity index (χ3v) is 7.23. The molecular weight excluding hydrogens is 430 g/mol. The largest absolute Gasteiger partial charge is 0.336 e. The average molecular weight is 452 g/mol. The third-order valence-electron chi connectivity index (χ3n) is 5.44. The van der Waals surface area contributed by atoms with Gasteiger partial charge in [-0.3, -0.25) is 19.2 Å². The van der Waals surface area contributed by atoms with E-state index in [4.69, 9.17) is 0 Å². The van der Waals surface area contributed by atoms with Crippen molar-refractivity contribution in [3.63, 3.8) is 0 Å². The summed E-state index contributed by atoms with van der Waals surface area (Å²) in [6.07, 6.45) is 0.699. The minimum atomic E-state index is -4.07. The summed E-state index contributed by atoms with van der Waals surface area (Å²) in [4.78, 5) is 25.3. The number of amides is 1. The second kappa shape index (κ2) is 8.80. The number of carbonyl (C=O) groups is 1. The smallest absolute Gasteiger partial charge is 0.269 e. The molecule has 8 nitrogen and oxygen atoms in total. The summed E-state index contributed by atoms with van der Waals surface area (Å²) >= 11 is 0. The van der Waals surface area contributed by atoms with E-state index in [-0.39, 0.29) is 22.2 Å². The van der Waals surface area contributed by atoms with E-state index < -0.39 is 21.5 Å². The standard InChI is InChI=1S/C23H21N3O5S/c27-23(24-15-14-18-6-4-5-7-19(18)16-24)17-25(20-10-12-21(13-11-20)26(28)29)32(30,31)22-8-2-1-3-9-22/h1-13H,14-17H2.